The van der Waals surface area contributed by atoms with E-state index in [-0.39, 0.29) is 0 Å². The van der Waals surface area contributed by atoms with Crippen LogP contribution >= 0.6 is 11.6 Å². The van der Waals surface area contributed by atoms with E-state index < -0.39 is 0 Å². The molecule has 2 aromatic carbocycles. The highest BCUT2D eigenvalue weighted by molar-refractivity contribution is 6.30. The summed E-state index contributed by atoms with van der Waals surface area (Å²) < 4.78 is 5.76. The van der Waals surface area contributed by atoms with Gasteiger partial charge in [-0.1, -0.05) is 59.6 Å². The van der Waals surface area contributed by atoms with Crippen molar-refractivity contribution < 1.29 is 4.74 Å². The van der Waals surface area contributed by atoms with Gasteiger partial charge < -0.3 is 4.74 Å². The number of hydrogen-bond donors (Lipinski definition) is 0. The number of rotatable bonds is 3. The van der Waals surface area contributed by atoms with E-state index in [0.29, 0.717) is 0 Å². The van der Waals surface area contributed by atoms with Gasteiger partial charge in [0.1, 0.15) is 5.76 Å². The van der Waals surface area contributed by atoms with Crippen LogP contribution in [-0.4, -0.2) is 7.11 Å². The second-order valence-corrected chi connectivity index (χ2v) is 5.98. The molecule has 1 aliphatic rings. The molecule has 0 bridgehead atoms. The van der Waals surface area contributed by atoms with E-state index in [0.717, 1.165) is 23.6 Å². The normalized spacial score (nSPS) is 14.8. The van der Waals surface area contributed by atoms with Crippen LogP contribution in [0.1, 0.15) is 29.5 Å². The van der Waals surface area contributed by atoms with Gasteiger partial charge in [-0.15, -0.1) is 0 Å². The Morgan fingerprint density at radius 2 is 1.55 bits per heavy atom. The molecule has 22 heavy (non-hydrogen) atoms. The summed E-state index contributed by atoms with van der Waals surface area (Å²) in [5.41, 5.74) is 6.07. The number of aryl methyl sites for hydroxylation is 1. The van der Waals surface area contributed by atoms with Crippen molar-refractivity contribution in [1.82, 2.24) is 0 Å². The highest BCUT2D eigenvalue weighted by Gasteiger charge is 2.19. The molecule has 0 amide bonds. The lowest BCUT2D eigenvalue weighted by Crippen LogP contribution is -2.03. The molecule has 0 aliphatic heterocycles. The smallest absolute Gasteiger partial charge is 0.130 e. The van der Waals surface area contributed by atoms with Gasteiger partial charge in [-0.3, -0.25) is 0 Å². The summed E-state index contributed by atoms with van der Waals surface area (Å²) in [7, 11) is 1.75. The van der Waals surface area contributed by atoms with Crippen molar-refractivity contribution in [2.24, 2.45) is 0 Å². The average molecular weight is 311 g/mol. The predicted octanol–water partition coefficient (Wildman–Crippen LogP) is 5.88. The SMILES string of the molecule is COC1=C(c2ccc(Cl)cc2)CCC=C1c1ccc(C)cc1. The van der Waals surface area contributed by atoms with E-state index in [1.165, 1.54) is 27.8 Å². The molecule has 0 aromatic heterocycles. The first-order valence-electron chi connectivity index (χ1n) is 7.49. The highest BCUT2D eigenvalue weighted by atomic mass is 35.5. The molecule has 1 aliphatic carbocycles. The Morgan fingerprint density at radius 1 is 0.909 bits per heavy atom. The van der Waals surface area contributed by atoms with E-state index in [9.17, 15) is 0 Å². The van der Waals surface area contributed by atoms with Gasteiger partial charge in [-0.25, -0.2) is 0 Å². The molecule has 0 spiro atoms. The molecule has 0 unspecified atom stereocenters. The first-order valence-corrected chi connectivity index (χ1v) is 7.87. The Bertz CT molecular complexity index is 721. The van der Waals surface area contributed by atoms with E-state index >= 15 is 0 Å². The van der Waals surface area contributed by atoms with Gasteiger partial charge in [0.2, 0.25) is 0 Å². The summed E-state index contributed by atoms with van der Waals surface area (Å²) in [6, 6.07) is 16.6. The van der Waals surface area contributed by atoms with Crippen molar-refractivity contribution >= 4 is 22.7 Å². The number of allylic oxidation sites excluding steroid dienone is 3. The first kappa shape index (κ1) is 14.9. The van der Waals surface area contributed by atoms with Crippen LogP contribution in [0, 0.1) is 6.92 Å². The predicted molar refractivity (Wildman–Crippen MR) is 93.8 cm³/mol. The number of benzene rings is 2. The zero-order valence-corrected chi connectivity index (χ0v) is 13.7. The standard InChI is InChI=1S/C20H19ClO/c1-14-6-8-15(9-7-14)18-4-3-5-19(20(18)22-2)16-10-12-17(21)13-11-16/h4,6-13H,3,5H2,1-2H3. The van der Waals surface area contributed by atoms with Crippen molar-refractivity contribution in [3.63, 3.8) is 0 Å². The summed E-state index contributed by atoms with van der Waals surface area (Å²) >= 11 is 6.00. The highest BCUT2D eigenvalue weighted by Crippen LogP contribution is 2.38. The fourth-order valence-electron chi connectivity index (χ4n) is 2.87. The lowest BCUT2D eigenvalue weighted by Gasteiger charge is -2.21. The summed E-state index contributed by atoms with van der Waals surface area (Å²) in [4.78, 5) is 0. The van der Waals surface area contributed by atoms with Gasteiger partial charge >= 0.3 is 0 Å². The molecule has 1 nitrogen and oxygen atoms in total. The van der Waals surface area contributed by atoms with Crippen LogP contribution < -0.4 is 0 Å². The van der Waals surface area contributed by atoms with Crippen LogP contribution in [0.3, 0.4) is 0 Å². The van der Waals surface area contributed by atoms with Gasteiger partial charge in [0.25, 0.3) is 0 Å². The third kappa shape index (κ3) is 2.95. The number of methoxy groups -OCH3 is 1. The maximum Gasteiger partial charge on any atom is 0.130 e. The number of ether oxygens (including phenoxy) is 1. The minimum atomic E-state index is 0.758. The summed E-state index contributed by atoms with van der Waals surface area (Å²) in [6.45, 7) is 2.10. The average Bonchev–Trinajstić information content (AvgIpc) is 2.55. The van der Waals surface area contributed by atoms with Gasteiger partial charge in [-0.05, 0) is 43.0 Å². The summed E-state index contributed by atoms with van der Waals surface area (Å²) in [5.74, 6) is 0.970. The molecule has 0 saturated heterocycles. The third-order valence-corrected chi connectivity index (χ3v) is 4.27. The molecule has 0 atom stereocenters. The van der Waals surface area contributed by atoms with Gasteiger partial charge in [-0.2, -0.15) is 0 Å². The van der Waals surface area contributed by atoms with Crippen LogP contribution in [0.2, 0.25) is 5.02 Å². The lowest BCUT2D eigenvalue weighted by atomic mass is 9.88. The Kier molecular flexibility index (Phi) is 4.35. The fourth-order valence-corrected chi connectivity index (χ4v) is 3.00. The zero-order chi connectivity index (χ0) is 15.5. The lowest BCUT2D eigenvalue weighted by molar-refractivity contribution is 0.311. The third-order valence-electron chi connectivity index (χ3n) is 4.02. The minimum Gasteiger partial charge on any atom is -0.496 e. The van der Waals surface area contributed by atoms with E-state index in [1.54, 1.807) is 7.11 Å². The van der Waals surface area contributed by atoms with Crippen LogP contribution in [0.5, 0.6) is 0 Å². The molecule has 112 valence electrons. The van der Waals surface area contributed by atoms with Crippen molar-refractivity contribution in [2.75, 3.05) is 7.11 Å². The Hall–Kier alpha value is -1.99. The van der Waals surface area contributed by atoms with E-state index in [1.807, 2.05) is 12.1 Å². The minimum absolute atomic E-state index is 0.758. The fraction of sp³-hybridized carbons (Fsp3) is 0.200. The van der Waals surface area contributed by atoms with E-state index in [2.05, 4.69) is 49.4 Å². The molecule has 0 fully saturated rings. The molecule has 0 saturated carbocycles. The first-order chi connectivity index (χ1) is 10.7. The summed E-state index contributed by atoms with van der Waals surface area (Å²) in [6.07, 6.45) is 4.27. The van der Waals surface area contributed by atoms with Crippen molar-refractivity contribution in [1.29, 1.82) is 0 Å². The van der Waals surface area contributed by atoms with Gasteiger partial charge in [0, 0.05) is 16.2 Å². The molecule has 0 heterocycles. The van der Waals surface area contributed by atoms with E-state index in [4.69, 9.17) is 16.3 Å². The maximum atomic E-state index is 6.00. The Labute approximate surface area is 136 Å². The molecular formula is C20H19ClO. The molecule has 0 N–H and O–H groups in total. The quantitative estimate of drug-likeness (QED) is 0.687. The zero-order valence-electron chi connectivity index (χ0n) is 12.9. The molecule has 2 heteroatoms. The Morgan fingerprint density at radius 3 is 2.18 bits per heavy atom. The largest absolute Gasteiger partial charge is 0.496 e. The second-order valence-electron chi connectivity index (χ2n) is 5.54. The van der Waals surface area contributed by atoms with Crippen molar-refractivity contribution in [3.8, 4) is 0 Å². The number of hydrogen-bond acceptors (Lipinski definition) is 1. The molecule has 3 rings (SSSR count). The molecule has 0 radical (unpaired) electrons. The topological polar surface area (TPSA) is 9.23 Å². The monoisotopic (exact) mass is 310 g/mol. The van der Waals surface area contributed by atoms with Crippen LogP contribution in [0.25, 0.3) is 11.1 Å². The van der Waals surface area contributed by atoms with Crippen LogP contribution in [-0.2, 0) is 4.74 Å². The molecule has 2 aromatic rings. The van der Waals surface area contributed by atoms with Gasteiger partial charge in [0.15, 0.2) is 0 Å². The van der Waals surface area contributed by atoms with Crippen LogP contribution in [0.4, 0.5) is 0 Å². The maximum absolute atomic E-state index is 6.00. The summed E-state index contributed by atoms with van der Waals surface area (Å²) in [5, 5.41) is 0.758. The van der Waals surface area contributed by atoms with Crippen LogP contribution in [0.15, 0.2) is 60.4 Å². The van der Waals surface area contributed by atoms with Crippen molar-refractivity contribution in [2.45, 2.75) is 19.8 Å². The number of halogens is 1. The van der Waals surface area contributed by atoms with Gasteiger partial charge in [0.05, 0.1) is 7.11 Å². The van der Waals surface area contributed by atoms with Crippen molar-refractivity contribution in [3.05, 3.63) is 82.1 Å². The second kappa shape index (κ2) is 6.41. The molecular weight excluding hydrogens is 292 g/mol. The Balaban J connectivity index is 2.06.